The molecule has 0 spiro atoms. The predicted octanol–water partition coefficient (Wildman–Crippen LogP) is 2.08. The predicted molar refractivity (Wildman–Crippen MR) is 69.2 cm³/mol. The molecule has 0 saturated carbocycles. The molecule has 0 radical (unpaired) electrons. The van der Waals surface area contributed by atoms with Crippen LogP contribution >= 0.6 is 0 Å². The van der Waals surface area contributed by atoms with Crippen LogP contribution in [0.1, 0.15) is 30.7 Å². The van der Waals surface area contributed by atoms with Gasteiger partial charge in [-0.15, -0.1) is 0 Å². The van der Waals surface area contributed by atoms with Crippen LogP contribution in [0.4, 0.5) is 0 Å². The van der Waals surface area contributed by atoms with Gasteiger partial charge in [-0.25, -0.2) is 0 Å². The number of likely N-dealkylation sites (tertiary alicyclic amines) is 1. The molecule has 0 bridgehead atoms. The van der Waals surface area contributed by atoms with E-state index in [-0.39, 0.29) is 6.42 Å². The van der Waals surface area contributed by atoms with E-state index < -0.39 is 5.97 Å². The molecule has 1 aromatic rings. The second-order valence-electron chi connectivity index (χ2n) is 5.11. The molecule has 2 rings (SSSR count). The minimum absolute atomic E-state index is 0.289. The molecule has 1 aliphatic heterocycles. The van der Waals surface area contributed by atoms with Gasteiger partial charge in [0.15, 0.2) is 0 Å². The summed E-state index contributed by atoms with van der Waals surface area (Å²) in [6.07, 6.45) is 2.41. The molecule has 98 valence electrons. The maximum absolute atomic E-state index is 10.7. The van der Waals surface area contributed by atoms with Crippen LogP contribution in [0.25, 0.3) is 0 Å². The molecule has 1 aromatic heterocycles. The number of rotatable bonds is 4. The highest BCUT2D eigenvalue weighted by molar-refractivity contribution is 5.67. The average Bonchev–Trinajstić information content (AvgIpc) is 2.28. The minimum Gasteiger partial charge on any atom is -0.481 e. The SMILES string of the molecule is Cc1cccc(CN2CCCC(CC(=O)O)C2)n1. The van der Waals surface area contributed by atoms with E-state index in [0.717, 1.165) is 43.9 Å². The number of hydrogen-bond acceptors (Lipinski definition) is 3. The third-order valence-corrected chi connectivity index (χ3v) is 3.40. The Bertz CT molecular complexity index is 420. The van der Waals surface area contributed by atoms with Gasteiger partial charge < -0.3 is 5.11 Å². The number of aryl methyl sites for hydroxylation is 1. The lowest BCUT2D eigenvalue weighted by Crippen LogP contribution is -2.36. The maximum atomic E-state index is 10.7. The summed E-state index contributed by atoms with van der Waals surface area (Å²) in [6.45, 7) is 4.75. The fourth-order valence-electron chi connectivity index (χ4n) is 2.63. The fraction of sp³-hybridized carbons (Fsp3) is 0.571. The van der Waals surface area contributed by atoms with E-state index in [0.29, 0.717) is 5.92 Å². The highest BCUT2D eigenvalue weighted by Gasteiger charge is 2.22. The maximum Gasteiger partial charge on any atom is 0.303 e. The van der Waals surface area contributed by atoms with Crippen LogP contribution < -0.4 is 0 Å². The zero-order valence-electron chi connectivity index (χ0n) is 10.8. The van der Waals surface area contributed by atoms with Crippen LogP contribution in [0.5, 0.6) is 0 Å². The van der Waals surface area contributed by atoms with E-state index in [1.54, 1.807) is 0 Å². The average molecular weight is 248 g/mol. The first kappa shape index (κ1) is 13.0. The first-order chi connectivity index (χ1) is 8.63. The third-order valence-electron chi connectivity index (χ3n) is 3.40. The summed E-state index contributed by atoms with van der Waals surface area (Å²) in [5, 5.41) is 8.85. The van der Waals surface area contributed by atoms with Gasteiger partial charge in [0.1, 0.15) is 0 Å². The lowest BCUT2D eigenvalue weighted by atomic mass is 9.95. The monoisotopic (exact) mass is 248 g/mol. The number of piperidine rings is 1. The summed E-state index contributed by atoms with van der Waals surface area (Å²) < 4.78 is 0. The Morgan fingerprint density at radius 2 is 2.39 bits per heavy atom. The molecular weight excluding hydrogens is 228 g/mol. The van der Waals surface area contributed by atoms with Crippen LogP contribution in [-0.4, -0.2) is 34.0 Å². The van der Waals surface area contributed by atoms with Gasteiger partial charge in [-0.1, -0.05) is 6.07 Å². The van der Waals surface area contributed by atoms with Crippen molar-refractivity contribution in [3.63, 3.8) is 0 Å². The van der Waals surface area contributed by atoms with Gasteiger partial charge in [-0.2, -0.15) is 0 Å². The molecule has 1 N–H and O–H groups in total. The van der Waals surface area contributed by atoms with Crippen molar-refractivity contribution in [3.8, 4) is 0 Å². The Labute approximate surface area is 108 Å². The largest absolute Gasteiger partial charge is 0.481 e. The molecular formula is C14H20N2O2. The van der Waals surface area contributed by atoms with Crippen LogP contribution in [-0.2, 0) is 11.3 Å². The molecule has 1 fully saturated rings. The number of carboxylic acid groups (broad SMARTS) is 1. The van der Waals surface area contributed by atoms with Gasteiger partial charge in [0.2, 0.25) is 0 Å². The van der Waals surface area contributed by atoms with Crippen molar-refractivity contribution < 1.29 is 9.90 Å². The van der Waals surface area contributed by atoms with Crippen molar-refractivity contribution in [2.24, 2.45) is 5.92 Å². The molecule has 4 heteroatoms. The van der Waals surface area contributed by atoms with Crippen molar-refractivity contribution in [1.29, 1.82) is 0 Å². The molecule has 2 heterocycles. The fourth-order valence-corrected chi connectivity index (χ4v) is 2.63. The van der Waals surface area contributed by atoms with Crippen molar-refractivity contribution in [2.75, 3.05) is 13.1 Å². The Hall–Kier alpha value is -1.42. The lowest BCUT2D eigenvalue weighted by molar-refractivity contribution is -0.138. The van der Waals surface area contributed by atoms with Gasteiger partial charge in [0.05, 0.1) is 5.69 Å². The van der Waals surface area contributed by atoms with Gasteiger partial charge in [0.25, 0.3) is 0 Å². The number of pyridine rings is 1. The van der Waals surface area contributed by atoms with Crippen LogP contribution in [0.3, 0.4) is 0 Å². The molecule has 1 atom stereocenters. The van der Waals surface area contributed by atoms with Crippen LogP contribution in [0, 0.1) is 12.8 Å². The Kier molecular flexibility index (Phi) is 4.31. The molecule has 1 aliphatic rings. The van der Waals surface area contributed by atoms with E-state index >= 15 is 0 Å². The van der Waals surface area contributed by atoms with Crippen molar-refractivity contribution in [2.45, 2.75) is 32.7 Å². The highest BCUT2D eigenvalue weighted by atomic mass is 16.4. The van der Waals surface area contributed by atoms with E-state index in [1.165, 1.54) is 0 Å². The smallest absolute Gasteiger partial charge is 0.303 e. The Morgan fingerprint density at radius 3 is 3.11 bits per heavy atom. The number of hydrogen-bond donors (Lipinski definition) is 1. The van der Waals surface area contributed by atoms with E-state index in [1.807, 2.05) is 25.1 Å². The molecule has 1 saturated heterocycles. The van der Waals surface area contributed by atoms with Crippen molar-refractivity contribution in [3.05, 3.63) is 29.6 Å². The second-order valence-corrected chi connectivity index (χ2v) is 5.11. The zero-order valence-corrected chi connectivity index (χ0v) is 10.8. The van der Waals surface area contributed by atoms with Gasteiger partial charge in [0, 0.05) is 25.2 Å². The molecule has 0 aliphatic carbocycles. The van der Waals surface area contributed by atoms with Gasteiger partial charge in [-0.05, 0) is 44.4 Å². The molecule has 1 unspecified atom stereocenters. The molecule has 0 aromatic carbocycles. The summed E-state index contributed by atoms with van der Waals surface area (Å²) in [6, 6.07) is 6.05. The first-order valence-corrected chi connectivity index (χ1v) is 6.50. The quantitative estimate of drug-likeness (QED) is 0.886. The highest BCUT2D eigenvalue weighted by Crippen LogP contribution is 2.20. The van der Waals surface area contributed by atoms with Crippen LogP contribution in [0.15, 0.2) is 18.2 Å². The molecule has 4 nitrogen and oxygen atoms in total. The van der Waals surface area contributed by atoms with Gasteiger partial charge in [-0.3, -0.25) is 14.7 Å². The normalized spacial score (nSPS) is 20.8. The summed E-state index contributed by atoms with van der Waals surface area (Å²) in [7, 11) is 0. The lowest BCUT2D eigenvalue weighted by Gasteiger charge is -2.31. The number of aliphatic carboxylic acids is 1. The number of aromatic nitrogens is 1. The summed E-state index contributed by atoms with van der Waals surface area (Å²) in [5.74, 6) is -0.392. The van der Waals surface area contributed by atoms with E-state index in [4.69, 9.17) is 5.11 Å². The summed E-state index contributed by atoms with van der Waals surface area (Å²) >= 11 is 0. The zero-order chi connectivity index (χ0) is 13.0. The topological polar surface area (TPSA) is 53.4 Å². The van der Waals surface area contributed by atoms with Crippen molar-refractivity contribution >= 4 is 5.97 Å². The third kappa shape index (κ3) is 3.81. The minimum atomic E-state index is -0.685. The number of carboxylic acids is 1. The Morgan fingerprint density at radius 1 is 1.56 bits per heavy atom. The van der Waals surface area contributed by atoms with Crippen LogP contribution in [0.2, 0.25) is 0 Å². The van der Waals surface area contributed by atoms with Gasteiger partial charge >= 0.3 is 5.97 Å². The van der Waals surface area contributed by atoms with E-state index in [2.05, 4.69) is 9.88 Å². The number of nitrogens with zero attached hydrogens (tertiary/aromatic N) is 2. The van der Waals surface area contributed by atoms with Crippen molar-refractivity contribution in [1.82, 2.24) is 9.88 Å². The Balaban J connectivity index is 1.91. The number of carbonyl (C=O) groups is 1. The second kappa shape index (κ2) is 5.96. The first-order valence-electron chi connectivity index (χ1n) is 6.50. The summed E-state index contributed by atoms with van der Waals surface area (Å²) in [5.41, 5.74) is 2.11. The van der Waals surface area contributed by atoms with E-state index in [9.17, 15) is 4.79 Å². The molecule has 18 heavy (non-hydrogen) atoms. The standard InChI is InChI=1S/C14H20N2O2/c1-11-4-2-6-13(15-11)10-16-7-3-5-12(9-16)8-14(17)18/h2,4,6,12H,3,5,7-10H2,1H3,(H,17,18). The molecule has 0 amide bonds. The summed E-state index contributed by atoms with van der Waals surface area (Å²) in [4.78, 5) is 17.6.